The van der Waals surface area contributed by atoms with E-state index >= 15 is 0 Å². The zero-order valence-electron chi connectivity index (χ0n) is 4.56. The Morgan fingerprint density at radius 2 is 1.57 bits per heavy atom. The minimum atomic E-state index is 0.596. The zero-order valence-corrected chi connectivity index (χ0v) is 16.0. The molecular weight excluding hydrogens is 301 g/mol. The van der Waals surface area contributed by atoms with Gasteiger partial charge in [0.2, 0.25) is 0 Å². The van der Waals surface area contributed by atoms with Crippen LogP contribution in [0.1, 0.15) is 0 Å². The van der Waals surface area contributed by atoms with Crippen molar-refractivity contribution in [1.82, 2.24) is 0 Å². The summed E-state index contributed by atoms with van der Waals surface area (Å²) in [5.41, 5.74) is 0. The van der Waals surface area contributed by atoms with Gasteiger partial charge in [0, 0.05) is 0 Å². The van der Waals surface area contributed by atoms with Crippen molar-refractivity contribution in [3.05, 3.63) is 12.1 Å². The van der Waals surface area contributed by atoms with Crippen LogP contribution in [0.3, 0.4) is 0 Å². The van der Waals surface area contributed by atoms with Crippen molar-refractivity contribution >= 4 is 52.6 Å². The quantitative estimate of drug-likeness (QED) is 0.474. The van der Waals surface area contributed by atoms with Crippen molar-refractivity contribution in [2.24, 2.45) is 0 Å². The molecule has 0 radical (unpaired) electrons. The second kappa shape index (κ2) is 2.44. The fourth-order valence-corrected chi connectivity index (χ4v) is 6.67. The van der Waals surface area contributed by atoms with Crippen LogP contribution in [-0.2, 0) is 0 Å². The molecule has 0 aromatic carbocycles. The Morgan fingerprint density at radius 1 is 1.14 bits per heavy atom. The van der Waals surface area contributed by atoms with E-state index in [2.05, 4.69) is 12.1 Å². The van der Waals surface area contributed by atoms with Crippen molar-refractivity contribution in [3.63, 3.8) is 0 Å². The van der Waals surface area contributed by atoms with Crippen molar-refractivity contribution in [2.45, 2.75) is 0 Å². The van der Waals surface area contributed by atoms with Gasteiger partial charge in [-0.15, -0.1) is 0 Å². The molecule has 0 unspecified atom stereocenters. The first-order valence-corrected chi connectivity index (χ1v) is 8.03. The molecule has 0 saturated heterocycles. The summed E-state index contributed by atoms with van der Waals surface area (Å²) in [7, 11) is 0. The molecule has 0 saturated carbocycles. The molecule has 3 heteroatoms. The summed E-state index contributed by atoms with van der Waals surface area (Å²) < 4.78 is 7.76. The van der Waals surface area contributed by atoms with E-state index in [-0.39, 0.29) is 0 Å². The van der Waals surface area contributed by atoms with Crippen LogP contribution in [0.2, 0.25) is 0 Å². The van der Waals surface area contributed by atoms with Gasteiger partial charge in [-0.1, -0.05) is 0 Å². The Balaban J connectivity index is 3.04. The molecule has 0 aliphatic rings. The summed E-state index contributed by atoms with van der Waals surface area (Å²) >= 11 is 1.19. The second-order valence-electron chi connectivity index (χ2n) is 1.66. The van der Waals surface area contributed by atoms with Crippen molar-refractivity contribution in [2.75, 3.05) is 0 Å². The van der Waals surface area contributed by atoms with Gasteiger partial charge in [-0.3, -0.25) is 0 Å². The van der Waals surface area contributed by atoms with Crippen LogP contribution in [0.4, 0.5) is 0 Å². The predicted molar refractivity (Wildman–Crippen MR) is 37.9 cm³/mol. The Labute approximate surface area is 68.6 Å². The van der Waals surface area contributed by atoms with Crippen LogP contribution in [0.5, 0.6) is 0 Å². The van der Waals surface area contributed by atoms with Gasteiger partial charge in [0.05, 0.1) is 0 Å². The van der Waals surface area contributed by atoms with Gasteiger partial charge in [0.15, 0.2) is 0 Å². The van der Waals surface area contributed by atoms with E-state index in [1.54, 1.807) is 0 Å². The molecular formula is C4H8OSn2. The monoisotopic (exact) mass is 312 g/mol. The molecule has 1 rings (SSSR count). The van der Waals surface area contributed by atoms with E-state index in [0.717, 1.165) is 0 Å². The van der Waals surface area contributed by atoms with Gasteiger partial charge in [0.1, 0.15) is 0 Å². The molecule has 0 N–H and O–H groups in total. The van der Waals surface area contributed by atoms with E-state index in [4.69, 9.17) is 4.42 Å². The molecule has 1 aromatic heterocycles. The summed E-state index contributed by atoms with van der Waals surface area (Å²) in [5, 5.41) is 0. The van der Waals surface area contributed by atoms with Gasteiger partial charge in [-0.05, 0) is 0 Å². The minimum absolute atomic E-state index is 0.596. The Hall–Kier alpha value is 0.877. The molecule has 1 aromatic rings. The third kappa shape index (κ3) is 1.68. The van der Waals surface area contributed by atoms with Gasteiger partial charge in [0.25, 0.3) is 0 Å². The Bertz CT molecular complexity index is 142. The van der Waals surface area contributed by atoms with Crippen molar-refractivity contribution in [3.8, 4) is 0 Å². The van der Waals surface area contributed by atoms with Crippen LogP contribution in [0.25, 0.3) is 0 Å². The molecule has 0 aliphatic heterocycles. The fraction of sp³-hybridized carbons (Fsp3) is 0. The maximum atomic E-state index is 5.27. The summed E-state index contributed by atoms with van der Waals surface area (Å²) in [6, 6.07) is 4.20. The van der Waals surface area contributed by atoms with E-state index in [9.17, 15) is 0 Å². The van der Waals surface area contributed by atoms with Gasteiger partial charge < -0.3 is 0 Å². The molecule has 1 nitrogen and oxygen atoms in total. The number of hydrogen-bond acceptors (Lipinski definition) is 1. The second-order valence-corrected chi connectivity index (χ2v) is 7.28. The molecule has 0 bridgehead atoms. The molecule has 0 aliphatic carbocycles. The van der Waals surface area contributed by atoms with Gasteiger partial charge in [-0.25, -0.2) is 0 Å². The average molecular weight is 310 g/mol. The molecule has 0 atom stereocenters. The predicted octanol–water partition coefficient (Wildman–Crippen LogP) is -2.74. The van der Waals surface area contributed by atoms with Crippen LogP contribution < -0.4 is 7.55 Å². The molecule has 0 amide bonds. The first kappa shape index (κ1) is 6.00. The maximum absolute atomic E-state index is 5.27. The fourth-order valence-electron chi connectivity index (χ4n) is 0.557. The number of hydrogen-bond donors (Lipinski definition) is 0. The molecule has 1 heterocycles. The molecule has 38 valence electrons. The van der Waals surface area contributed by atoms with Gasteiger partial charge in [-0.2, -0.15) is 0 Å². The van der Waals surface area contributed by atoms with Crippen LogP contribution in [0, 0.1) is 0 Å². The van der Waals surface area contributed by atoms with E-state index in [0.29, 0.717) is 45.0 Å². The zero-order chi connectivity index (χ0) is 5.28. The van der Waals surface area contributed by atoms with Crippen LogP contribution in [-0.4, -0.2) is 45.0 Å². The van der Waals surface area contributed by atoms with Crippen molar-refractivity contribution < 1.29 is 4.42 Å². The SMILES string of the molecule is [SnH3][c]1cc[c]([SnH3])o1. The Kier molecular flexibility index (Phi) is 2.09. The standard InChI is InChI=1S/C4H2O.2Sn.6H/c1-2-4-5-3-1;;;;;;;;/h1-2H;;;;;;;;. The van der Waals surface area contributed by atoms with E-state index in [1.807, 2.05) is 0 Å². The van der Waals surface area contributed by atoms with Crippen LogP contribution >= 0.6 is 0 Å². The number of rotatable bonds is 0. The molecule has 7 heavy (non-hydrogen) atoms. The molecule has 0 fully saturated rings. The number of furan rings is 1. The van der Waals surface area contributed by atoms with Crippen molar-refractivity contribution in [1.29, 1.82) is 0 Å². The average Bonchev–Trinajstić information content (AvgIpc) is 1.87. The third-order valence-corrected chi connectivity index (χ3v) is 3.94. The summed E-state index contributed by atoms with van der Waals surface area (Å²) in [6.07, 6.45) is 0. The Morgan fingerprint density at radius 3 is 1.71 bits per heavy atom. The van der Waals surface area contributed by atoms with Crippen LogP contribution in [0.15, 0.2) is 16.5 Å². The van der Waals surface area contributed by atoms with Gasteiger partial charge >= 0.3 is 69.2 Å². The van der Waals surface area contributed by atoms with E-state index in [1.165, 1.54) is 7.55 Å². The first-order valence-electron chi connectivity index (χ1n) is 2.32. The normalized spacial score (nSPS) is 10.3. The van der Waals surface area contributed by atoms with E-state index < -0.39 is 0 Å². The topological polar surface area (TPSA) is 13.1 Å². The summed E-state index contributed by atoms with van der Waals surface area (Å²) in [5.74, 6) is 0. The third-order valence-electron chi connectivity index (χ3n) is 0.875. The summed E-state index contributed by atoms with van der Waals surface area (Å²) in [6.45, 7) is 0. The summed E-state index contributed by atoms with van der Waals surface area (Å²) in [4.78, 5) is 0. The first-order chi connectivity index (χ1) is 3.29. The molecule has 0 spiro atoms.